The highest BCUT2D eigenvalue weighted by molar-refractivity contribution is 7.89. The van der Waals surface area contributed by atoms with Crippen molar-refractivity contribution >= 4 is 10.0 Å². The number of nitrogens with one attached hydrogen (secondary N) is 2. The van der Waals surface area contributed by atoms with Crippen molar-refractivity contribution in [3.63, 3.8) is 0 Å². The summed E-state index contributed by atoms with van der Waals surface area (Å²) in [6.45, 7) is 9.31. The van der Waals surface area contributed by atoms with Crippen molar-refractivity contribution in [1.29, 1.82) is 0 Å². The quantitative estimate of drug-likeness (QED) is 0.718. The van der Waals surface area contributed by atoms with Crippen LogP contribution in [0.1, 0.15) is 33.4 Å². The molecule has 0 bridgehead atoms. The molecule has 1 aromatic heterocycles. The van der Waals surface area contributed by atoms with Gasteiger partial charge in [-0.2, -0.15) is 0 Å². The fourth-order valence-electron chi connectivity index (χ4n) is 1.86. The first-order valence-corrected chi connectivity index (χ1v) is 8.74. The molecule has 0 aromatic carbocycles. The van der Waals surface area contributed by atoms with Crippen LogP contribution in [0.25, 0.3) is 0 Å². The Bertz CT molecular complexity index is 538. The van der Waals surface area contributed by atoms with Gasteiger partial charge in [-0.05, 0) is 19.9 Å². The van der Waals surface area contributed by atoms with Gasteiger partial charge in [0.05, 0.1) is 11.0 Å². The molecule has 1 aromatic rings. The number of hydrogen-bond acceptors (Lipinski definition) is 4. The van der Waals surface area contributed by atoms with Crippen molar-refractivity contribution in [1.82, 2.24) is 14.6 Å². The Hall–Kier alpha value is -0.890. The molecule has 0 saturated heterocycles. The molecule has 1 unspecified atom stereocenters. The molecule has 0 aliphatic carbocycles. The van der Waals surface area contributed by atoms with Gasteiger partial charge < -0.3 is 14.6 Å². The minimum absolute atomic E-state index is 0.143. The number of aryl methyl sites for hydroxylation is 1. The van der Waals surface area contributed by atoms with E-state index in [1.807, 2.05) is 25.5 Å². The zero-order valence-electron chi connectivity index (χ0n) is 13.5. The number of nitrogens with zero attached hydrogens (tertiary/aromatic N) is 1. The first-order chi connectivity index (χ1) is 9.76. The Labute approximate surface area is 127 Å². The van der Waals surface area contributed by atoms with Gasteiger partial charge in [0.1, 0.15) is 0 Å². The molecular formula is C14H27N3O3S. The SMILES string of the molecule is CCOC(C)CNS(=O)(=O)c1cc(CNC(C)C)n(C)c1. The summed E-state index contributed by atoms with van der Waals surface area (Å²) in [5.74, 6) is 0. The third kappa shape index (κ3) is 5.78. The summed E-state index contributed by atoms with van der Waals surface area (Å²) in [4.78, 5) is 0.286. The molecule has 1 rings (SSSR count). The normalized spacial score (nSPS) is 13.8. The summed E-state index contributed by atoms with van der Waals surface area (Å²) < 4.78 is 34.2. The lowest BCUT2D eigenvalue weighted by Gasteiger charge is -2.12. The topological polar surface area (TPSA) is 72.4 Å². The second-order valence-electron chi connectivity index (χ2n) is 5.43. The molecule has 0 aliphatic heterocycles. The maximum atomic E-state index is 12.2. The lowest BCUT2D eigenvalue weighted by molar-refractivity contribution is 0.0799. The fourth-order valence-corrected chi connectivity index (χ4v) is 3.07. The third-order valence-electron chi connectivity index (χ3n) is 3.10. The molecule has 21 heavy (non-hydrogen) atoms. The van der Waals surface area contributed by atoms with Gasteiger partial charge in [-0.25, -0.2) is 13.1 Å². The van der Waals surface area contributed by atoms with E-state index < -0.39 is 10.0 Å². The van der Waals surface area contributed by atoms with Crippen LogP contribution in [0.3, 0.4) is 0 Å². The molecule has 0 amide bonds. The van der Waals surface area contributed by atoms with Crippen LogP contribution in [-0.2, 0) is 28.4 Å². The van der Waals surface area contributed by atoms with Crippen LogP contribution < -0.4 is 10.0 Å². The van der Waals surface area contributed by atoms with Gasteiger partial charge in [0.15, 0.2) is 0 Å². The average Bonchev–Trinajstić information content (AvgIpc) is 2.77. The van der Waals surface area contributed by atoms with E-state index >= 15 is 0 Å². The van der Waals surface area contributed by atoms with Crippen LogP contribution in [0.15, 0.2) is 17.2 Å². The number of sulfonamides is 1. The molecule has 0 radical (unpaired) electrons. The molecule has 6 nitrogen and oxygen atoms in total. The molecule has 0 spiro atoms. The standard InChI is InChI=1S/C14H27N3O3S/c1-6-20-12(4)8-16-21(18,19)14-7-13(17(5)10-14)9-15-11(2)3/h7,10-12,15-16H,6,8-9H2,1-5H3. The summed E-state index contributed by atoms with van der Waals surface area (Å²) in [5, 5.41) is 3.28. The average molecular weight is 317 g/mol. The van der Waals surface area contributed by atoms with Crippen molar-refractivity contribution in [2.24, 2.45) is 7.05 Å². The van der Waals surface area contributed by atoms with Gasteiger partial charge in [-0.3, -0.25) is 0 Å². The molecule has 0 saturated carbocycles. The zero-order chi connectivity index (χ0) is 16.0. The van der Waals surface area contributed by atoms with Gasteiger partial charge in [0, 0.05) is 44.7 Å². The zero-order valence-corrected chi connectivity index (χ0v) is 14.3. The highest BCUT2D eigenvalue weighted by Crippen LogP contribution is 2.13. The van der Waals surface area contributed by atoms with E-state index in [9.17, 15) is 8.42 Å². The number of hydrogen-bond donors (Lipinski definition) is 2. The van der Waals surface area contributed by atoms with Crippen LogP contribution in [-0.4, -0.2) is 38.3 Å². The minimum Gasteiger partial charge on any atom is -0.377 e. The monoisotopic (exact) mass is 317 g/mol. The Balaban J connectivity index is 2.73. The summed E-state index contributed by atoms with van der Waals surface area (Å²) in [6, 6.07) is 2.05. The molecule has 0 aliphatic rings. The third-order valence-corrected chi connectivity index (χ3v) is 4.49. The van der Waals surface area contributed by atoms with Crippen LogP contribution in [0, 0.1) is 0 Å². The van der Waals surface area contributed by atoms with Gasteiger partial charge in [-0.15, -0.1) is 0 Å². The van der Waals surface area contributed by atoms with Crippen molar-refractivity contribution in [2.75, 3.05) is 13.2 Å². The smallest absolute Gasteiger partial charge is 0.242 e. The number of aromatic nitrogens is 1. The number of ether oxygens (including phenoxy) is 1. The fraction of sp³-hybridized carbons (Fsp3) is 0.714. The Morgan fingerprint density at radius 2 is 2.00 bits per heavy atom. The molecule has 1 heterocycles. The molecule has 1 atom stereocenters. The summed E-state index contributed by atoms with van der Waals surface area (Å²) >= 11 is 0. The Morgan fingerprint density at radius 3 is 2.57 bits per heavy atom. The summed E-state index contributed by atoms with van der Waals surface area (Å²) in [5.41, 5.74) is 0.932. The highest BCUT2D eigenvalue weighted by atomic mass is 32.2. The molecule has 0 fully saturated rings. The van der Waals surface area contributed by atoms with Crippen LogP contribution in [0.4, 0.5) is 0 Å². The Kier molecular flexibility index (Phi) is 6.86. The van der Waals surface area contributed by atoms with Crippen molar-refractivity contribution in [2.45, 2.75) is 51.3 Å². The Morgan fingerprint density at radius 1 is 1.33 bits per heavy atom. The van der Waals surface area contributed by atoms with E-state index in [0.717, 1.165) is 5.69 Å². The summed E-state index contributed by atoms with van der Waals surface area (Å²) in [6.07, 6.45) is 1.49. The van der Waals surface area contributed by atoms with Gasteiger partial charge in [-0.1, -0.05) is 13.8 Å². The van der Waals surface area contributed by atoms with Crippen LogP contribution in [0.5, 0.6) is 0 Å². The van der Waals surface area contributed by atoms with Crippen molar-refractivity contribution in [3.8, 4) is 0 Å². The minimum atomic E-state index is -3.49. The summed E-state index contributed by atoms with van der Waals surface area (Å²) in [7, 11) is -1.65. The first kappa shape index (κ1) is 18.2. The second-order valence-corrected chi connectivity index (χ2v) is 7.20. The van der Waals surface area contributed by atoms with E-state index in [1.165, 1.54) is 0 Å². The molecule has 2 N–H and O–H groups in total. The van der Waals surface area contributed by atoms with Crippen molar-refractivity contribution < 1.29 is 13.2 Å². The van der Waals surface area contributed by atoms with Crippen LogP contribution in [0.2, 0.25) is 0 Å². The van der Waals surface area contributed by atoms with E-state index in [1.54, 1.807) is 12.3 Å². The van der Waals surface area contributed by atoms with E-state index in [2.05, 4.69) is 23.9 Å². The lowest BCUT2D eigenvalue weighted by atomic mass is 10.3. The lowest BCUT2D eigenvalue weighted by Crippen LogP contribution is -2.32. The molecular weight excluding hydrogens is 290 g/mol. The largest absolute Gasteiger partial charge is 0.377 e. The number of rotatable bonds is 9. The molecule has 7 heteroatoms. The van der Waals surface area contributed by atoms with Gasteiger partial charge in [0.2, 0.25) is 10.0 Å². The van der Waals surface area contributed by atoms with E-state index in [4.69, 9.17) is 4.74 Å². The predicted octanol–water partition coefficient (Wildman–Crippen LogP) is 1.23. The predicted molar refractivity (Wildman–Crippen MR) is 83.7 cm³/mol. The maximum absolute atomic E-state index is 12.2. The van der Waals surface area contributed by atoms with Crippen LogP contribution >= 0.6 is 0 Å². The first-order valence-electron chi connectivity index (χ1n) is 7.26. The van der Waals surface area contributed by atoms with Gasteiger partial charge in [0.25, 0.3) is 0 Å². The second kappa shape index (κ2) is 7.93. The molecule has 122 valence electrons. The van der Waals surface area contributed by atoms with Gasteiger partial charge >= 0.3 is 0 Å². The van der Waals surface area contributed by atoms with Crippen molar-refractivity contribution in [3.05, 3.63) is 18.0 Å². The maximum Gasteiger partial charge on any atom is 0.242 e. The van der Waals surface area contributed by atoms with E-state index in [0.29, 0.717) is 19.2 Å². The highest BCUT2D eigenvalue weighted by Gasteiger charge is 2.18. The van der Waals surface area contributed by atoms with E-state index in [-0.39, 0.29) is 17.5 Å².